The van der Waals surface area contributed by atoms with Crippen LogP contribution in [0.25, 0.3) is 17.3 Å². The summed E-state index contributed by atoms with van der Waals surface area (Å²) in [7, 11) is 1.63. The smallest absolute Gasteiger partial charge is 0.203 e. The molecule has 0 saturated carbocycles. The molecule has 0 aliphatic rings. The van der Waals surface area contributed by atoms with E-state index in [0.717, 1.165) is 27.5 Å². The van der Waals surface area contributed by atoms with Crippen molar-refractivity contribution in [2.24, 2.45) is 5.10 Å². The molecule has 0 aliphatic heterocycles. The Hall–Kier alpha value is -3.90. The second-order valence-corrected chi connectivity index (χ2v) is 7.67. The normalized spacial score (nSPS) is 11.2. The maximum absolute atomic E-state index is 5.84. The molecule has 4 rings (SSSR count). The van der Waals surface area contributed by atoms with Crippen molar-refractivity contribution < 1.29 is 9.47 Å². The summed E-state index contributed by atoms with van der Waals surface area (Å²) in [5.41, 5.74) is 7.03. The Balaban J connectivity index is 1.34. The van der Waals surface area contributed by atoms with Gasteiger partial charge in [0, 0.05) is 10.9 Å². The van der Waals surface area contributed by atoms with Crippen molar-refractivity contribution in [1.82, 2.24) is 4.98 Å². The number of hydrogen-bond acceptors (Lipinski definition) is 6. The first-order valence-electron chi connectivity index (χ1n) is 10.1. The number of nitrogens with zero attached hydrogens (tertiary/aromatic N) is 2. The molecule has 1 heterocycles. The number of hydrazone groups is 1. The minimum Gasteiger partial charge on any atom is -0.493 e. The van der Waals surface area contributed by atoms with E-state index in [2.05, 4.69) is 15.5 Å². The van der Waals surface area contributed by atoms with Gasteiger partial charge in [0.1, 0.15) is 6.61 Å². The third kappa shape index (κ3) is 5.83. The van der Waals surface area contributed by atoms with E-state index in [4.69, 9.17) is 9.47 Å². The van der Waals surface area contributed by atoms with E-state index in [-0.39, 0.29) is 0 Å². The second kappa shape index (κ2) is 10.9. The van der Waals surface area contributed by atoms with Gasteiger partial charge in [-0.2, -0.15) is 5.10 Å². The third-order valence-corrected chi connectivity index (χ3v) is 5.33. The number of hydrogen-bond donors (Lipinski definition) is 1. The van der Waals surface area contributed by atoms with Crippen LogP contribution in [0, 0.1) is 0 Å². The number of thiazole rings is 1. The Labute approximate surface area is 191 Å². The van der Waals surface area contributed by atoms with Crippen LogP contribution < -0.4 is 14.9 Å². The zero-order valence-electron chi connectivity index (χ0n) is 17.6. The number of anilines is 1. The summed E-state index contributed by atoms with van der Waals surface area (Å²) in [5.74, 6) is 1.34. The summed E-state index contributed by atoms with van der Waals surface area (Å²) in [5, 5.41) is 7.04. The summed E-state index contributed by atoms with van der Waals surface area (Å²) in [4.78, 5) is 4.57. The van der Waals surface area contributed by atoms with Crippen LogP contribution in [0.5, 0.6) is 11.5 Å². The van der Waals surface area contributed by atoms with E-state index in [1.165, 1.54) is 11.3 Å². The first kappa shape index (κ1) is 21.3. The van der Waals surface area contributed by atoms with Crippen LogP contribution in [0.3, 0.4) is 0 Å². The van der Waals surface area contributed by atoms with E-state index in [0.29, 0.717) is 18.1 Å². The molecule has 0 bridgehead atoms. The first-order valence-corrected chi connectivity index (χ1v) is 11.0. The van der Waals surface area contributed by atoms with Gasteiger partial charge in [0.15, 0.2) is 11.5 Å². The van der Waals surface area contributed by atoms with Crippen molar-refractivity contribution in [2.75, 3.05) is 19.1 Å². The van der Waals surface area contributed by atoms with Crippen LogP contribution >= 0.6 is 11.3 Å². The highest BCUT2D eigenvalue weighted by molar-refractivity contribution is 7.14. The summed E-state index contributed by atoms with van der Waals surface area (Å²) in [6.45, 7) is 0.452. The second-order valence-electron chi connectivity index (χ2n) is 6.81. The molecule has 32 heavy (non-hydrogen) atoms. The molecule has 0 fully saturated rings. The van der Waals surface area contributed by atoms with Crippen molar-refractivity contribution in [3.8, 4) is 22.8 Å². The lowest BCUT2D eigenvalue weighted by molar-refractivity contribution is 0.326. The predicted molar refractivity (Wildman–Crippen MR) is 133 cm³/mol. The fraction of sp³-hybridized carbons (Fsp3) is 0.0769. The number of nitrogens with one attached hydrogen (secondary N) is 1. The minimum atomic E-state index is 0.452. The van der Waals surface area contributed by atoms with Gasteiger partial charge in [-0.25, -0.2) is 4.98 Å². The Kier molecular flexibility index (Phi) is 7.29. The zero-order chi connectivity index (χ0) is 22.0. The molecule has 0 aliphatic carbocycles. The Morgan fingerprint density at radius 3 is 2.50 bits per heavy atom. The Bertz CT molecular complexity index is 1190. The number of ether oxygens (including phenoxy) is 2. The molecule has 0 spiro atoms. The van der Waals surface area contributed by atoms with E-state index < -0.39 is 0 Å². The highest BCUT2D eigenvalue weighted by Crippen LogP contribution is 2.28. The number of rotatable bonds is 9. The minimum absolute atomic E-state index is 0.452. The van der Waals surface area contributed by atoms with E-state index in [1.54, 1.807) is 13.3 Å². The average Bonchev–Trinajstić information content (AvgIpc) is 3.32. The molecular formula is C26H23N3O2S. The lowest BCUT2D eigenvalue weighted by Gasteiger charge is -2.09. The predicted octanol–water partition coefficient (Wildman–Crippen LogP) is 6.36. The van der Waals surface area contributed by atoms with Gasteiger partial charge >= 0.3 is 0 Å². The van der Waals surface area contributed by atoms with Gasteiger partial charge in [0.05, 0.1) is 19.0 Å². The van der Waals surface area contributed by atoms with E-state index in [9.17, 15) is 0 Å². The van der Waals surface area contributed by atoms with Gasteiger partial charge in [0.25, 0.3) is 0 Å². The highest BCUT2D eigenvalue weighted by atomic mass is 32.1. The zero-order valence-corrected chi connectivity index (χ0v) is 18.5. The monoisotopic (exact) mass is 441 g/mol. The van der Waals surface area contributed by atoms with Crippen molar-refractivity contribution in [2.45, 2.75) is 0 Å². The molecule has 6 heteroatoms. The maximum atomic E-state index is 5.84. The summed E-state index contributed by atoms with van der Waals surface area (Å²) < 4.78 is 11.3. The fourth-order valence-electron chi connectivity index (χ4n) is 3.00. The Morgan fingerprint density at radius 2 is 1.72 bits per heavy atom. The number of benzene rings is 3. The lowest BCUT2D eigenvalue weighted by atomic mass is 10.2. The quantitative estimate of drug-likeness (QED) is 0.243. The summed E-state index contributed by atoms with van der Waals surface area (Å²) in [6.07, 6.45) is 5.73. The first-order chi connectivity index (χ1) is 15.8. The molecule has 1 N–H and O–H groups in total. The van der Waals surface area contributed by atoms with Gasteiger partial charge in [0.2, 0.25) is 5.13 Å². The molecule has 0 atom stereocenters. The van der Waals surface area contributed by atoms with Gasteiger partial charge in [-0.3, -0.25) is 5.43 Å². The van der Waals surface area contributed by atoms with Gasteiger partial charge in [-0.15, -0.1) is 11.3 Å². The molecular weight excluding hydrogens is 418 g/mol. The van der Waals surface area contributed by atoms with Crippen LogP contribution in [0.1, 0.15) is 11.1 Å². The lowest BCUT2D eigenvalue weighted by Crippen LogP contribution is -1.98. The van der Waals surface area contributed by atoms with Crippen LogP contribution in [-0.2, 0) is 0 Å². The third-order valence-electron chi connectivity index (χ3n) is 4.58. The van der Waals surface area contributed by atoms with Crippen LogP contribution in [-0.4, -0.2) is 24.9 Å². The van der Waals surface area contributed by atoms with Crippen molar-refractivity contribution in [1.29, 1.82) is 0 Å². The number of aromatic nitrogens is 1. The van der Waals surface area contributed by atoms with E-state index in [1.807, 2.05) is 96.4 Å². The molecule has 1 aromatic heterocycles. The molecule has 0 saturated heterocycles. The molecule has 0 unspecified atom stereocenters. The van der Waals surface area contributed by atoms with Gasteiger partial charge in [-0.1, -0.05) is 66.7 Å². The van der Waals surface area contributed by atoms with Crippen molar-refractivity contribution in [3.05, 3.63) is 101 Å². The van der Waals surface area contributed by atoms with Crippen LogP contribution in [0.2, 0.25) is 0 Å². The Morgan fingerprint density at radius 1 is 0.938 bits per heavy atom. The summed E-state index contributed by atoms with van der Waals surface area (Å²) in [6, 6.07) is 25.9. The largest absolute Gasteiger partial charge is 0.493 e. The number of methoxy groups -OCH3 is 1. The summed E-state index contributed by atoms with van der Waals surface area (Å²) >= 11 is 1.51. The maximum Gasteiger partial charge on any atom is 0.203 e. The molecule has 0 radical (unpaired) electrons. The highest BCUT2D eigenvalue weighted by Gasteiger charge is 2.05. The fourth-order valence-corrected chi connectivity index (χ4v) is 3.67. The molecule has 0 amide bonds. The molecule has 4 aromatic rings. The van der Waals surface area contributed by atoms with Gasteiger partial charge < -0.3 is 9.47 Å². The molecule has 5 nitrogen and oxygen atoms in total. The average molecular weight is 442 g/mol. The van der Waals surface area contributed by atoms with Crippen molar-refractivity contribution >= 4 is 28.8 Å². The van der Waals surface area contributed by atoms with Gasteiger partial charge in [-0.05, 0) is 35.4 Å². The SMILES string of the molecule is COc1cc(C=NNc2nc(-c3ccccc3)cs2)ccc1OCC=Cc1ccccc1. The topological polar surface area (TPSA) is 55.7 Å². The molecule has 160 valence electrons. The van der Waals surface area contributed by atoms with E-state index >= 15 is 0 Å². The standard InChI is InChI=1S/C26H23N3O2S/c1-30-25-17-21(14-15-24(25)31-16-8-11-20-9-4-2-5-10-20)18-27-29-26-28-23(19-32-26)22-12-6-3-7-13-22/h2-15,17-19H,16H2,1H3,(H,28,29). The van der Waals surface area contributed by atoms with Crippen molar-refractivity contribution in [3.63, 3.8) is 0 Å². The van der Waals surface area contributed by atoms with Crippen LogP contribution in [0.4, 0.5) is 5.13 Å². The molecule has 3 aromatic carbocycles. The van der Waals surface area contributed by atoms with Crippen LogP contribution in [0.15, 0.2) is 95.4 Å².